The second kappa shape index (κ2) is 15.6. The minimum Gasteiger partial charge on any atom is -0.487 e. The molecule has 13 heteroatoms. The molecular formula is C32H33Cl3N6O4. The molecule has 3 amide bonds. The van der Waals surface area contributed by atoms with Crippen LogP contribution in [0.25, 0.3) is 17.0 Å². The number of hydrogen-bond donors (Lipinski definition) is 2. The fourth-order valence-corrected chi connectivity index (χ4v) is 4.95. The number of aryl methyl sites for hydroxylation is 1. The van der Waals surface area contributed by atoms with Crippen molar-refractivity contribution in [1.82, 2.24) is 15.3 Å². The van der Waals surface area contributed by atoms with Crippen molar-refractivity contribution in [3.63, 3.8) is 0 Å². The number of pyridine rings is 2. The zero-order valence-corrected chi connectivity index (χ0v) is 27.7. The topological polar surface area (TPSA) is 117 Å². The molecule has 2 aromatic carbocycles. The average Bonchev–Trinajstić information content (AvgIpc) is 2.98. The van der Waals surface area contributed by atoms with Crippen molar-refractivity contribution in [2.24, 2.45) is 0 Å². The molecule has 4 aromatic rings. The first-order valence-electron chi connectivity index (χ1n) is 13.6. The number of carbonyl (C=O) groups excluding carboxylic acids is 3. The van der Waals surface area contributed by atoms with E-state index < -0.39 is 11.8 Å². The molecule has 2 heterocycles. The molecular weight excluding hydrogens is 639 g/mol. The van der Waals surface area contributed by atoms with Gasteiger partial charge in [0.05, 0.1) is 17.3 Å². The lowest BCUT2D eigenvalue weighted by molar-refractivity contribution is -0.122. The number of amides is 3. The van der Waals surface area contributed by atoms with Gasteiger partial charge in [0.25, 0.3) is 0 Å². The van der Waals surface area contributed by atoms with Crippen molar-refractivity contribution in [3.8, 4) is 5.75 Å². The molecule has 0 saturated heterocycles. The first kappa shape index (κ1) is 35.1. The number of para-hydroxylation sites is 1. The number of rotatable bonds is 10. The molecule has 0 aliphatic rings. The maximum absolute atomic E-state index is 12.9. The lowest BCUT2D eigenvalue weighted by Gasteiger charge is -2.21. The molecule has 0 bridgehead atoms. The van der Waals surface area contributed by atoms with E-state index in [1.807, 2.05) is 50.2 Å². The Morgan fingerprint density at radius 1 is 1.02 bits per heavy atom. The van der Waals surface area contributed by atoms with Gasteiger partial charge in [0, 0.05) is 67.7 Å². The average molecular weight is 672 g/mol. The molecule has 0 aliphatic carbocycles. The molecule has 236 valence electrons. The second-order valence-electron chi connectivity index (χ2n) is 10.1. The molecule has 2 N–H and O–H groups in total. The van der Waals surface area contributed by atoms with Crippen molar-refractivity contribution >= 4 is 87.5 Å². The third-order valence-electron chi connectivity index (χ3n) is 6.60. The molecule has 0 spiro atoms. The number of likely N-dealkylation sites (N-methyl/N-ethyl adjacent to an activating group) is 1. The van der Waals surface area contributed by atoms with E-state index in [9.17, 15) is 14.4 Å². The predicted molar refractivity (Wildman–Crippen MR) is 183 cm³/mol. The van der Waals surface area contributed by atoms with Crippen LogP contribution in [-0.4, -0.2) is 55.4 Å². The molecule has 4 rings (SSSR count). The van der Waals surface area contributed by atoms with E-state index in [0.717, 1.165) is 22.3 Å². The van der Waals surface area contributed by atoms with Gasteiger partial charge in [0.15, 0.2) is 0 Å². The number of halogens is 3. The lowest BCUT2D eigenvalue weighted by Crippen LogP contribution is -2.37. The quantitative estimate of drug-likeness (QED) is 0.197. The minimum absolute atomic E-state index is 0. The van der Waals surface area contributed by atoms with Crippen molar-refractivity contribution in [3.05, 3.63) is 87.7 Å². The number of fused-ring (bicyclic) bond motifs is 1. The summed E-state index contributed by atoms with van der Waals surface area (Å²) >= 11 is 13.2. The van der Waals surface area contributed by atoms with E-state index in [1.54, 1.807) is 37.4 Å². The van der Waals surface area contributed by atoms with Crippen LogP contribution in [-0.2, 0) is 21.0 Å². The molecule has 0 radical (unpaired) electrons. The first-order valence-corrected chi connectivity index (χ1v) is 14.3. The van der Waals surface area contributed by atoms with Crippen LogP contribution >= 0.6 is 35.6 Å². The fraction of sp³-hybridized carbons (Fsp3) is 0.219. The summed E-state index contributed by atoms with van der Waals surface area (Å²) in [6.45, 7) is 3.10. The third kappa shape index (κ3) is 8.85. The van der Waals surface area contributed by atoms with Crippen LogP contribution in [0.3, 0.4) is 0 Å². The van der Waals surface area contributed by atoms with Crippen LogP contribution in [0.2, 0.25) is 10.0 Å². The Morgan fingerprint density at radius 3 is 2.44 bits per heavy atom. The summed E-state index contributed by atoms with van der Waals surface area (Å²) < 4.78 is 6.18. The Balaban J connectivity index is 0.00000552. The Hall–Kier alpha value is -4.38. The van der Waals surface area contributed by atoms with Gasteiger partial charge in [-0.05, 0) is 55.0 Å². The van der Waals surface area contributed by atoms with Crippen LogP contribution < -0.4 is 25.2 Å². The largest absolute Gasteiger partial charge is 0.487 e. The fourth-order valence-electron chi connectivity index (χ4n) is 4.35. The number of anilines is 3. The van der Waals surface area contributed by atoms with Crippen LogP contribution in [0, 0.1) is 6.92 Å². The van der Waals surface area contributed by atoms with E-state index in [4.69, 9.17) is 32.9 Å². The van der Waals surface area contributed by atoms with Gasteiger partial charge in [0.1, 0.15) is 23.7 Å². The van der Waals surface area contributed by atoms with E-state index >= 15 is 0 Å². The summed E-state index contributed by atoms with van der Waals surface area (Å²) in [5, 5.41) is 6.73. The van der Waals surface area contributed by atoms with Crippen molar-refractivity contribution < 1.29 is 19.1 Å². The third-order valence-corrected chi connectivity index (χ3v) is 7.37. The Kier molecular flexibility index (Phi) is 12.1. The highest BCUT2D eigenvalue weighted by Crippen LogP contribution is 2.36. The SMILES string of the molecule is CC(=O)Nc1ccc(/C=C/C(=O)NCC(=O)N(C)c2ccc(Cl)c(COc3cccc4c(N(C)C)cc(C)nc34)c2Cl)cn1.Cl. The van der Waals surface area contributed by atoms with Gasteiger partial charge in [-0.2, -0.15) is 0 Å². The first-order chi connectivity index (χ1) is 20.9. The molecule has 10 nitrogen and oxygen atoms in total. The normalized spacial score (nSPS) is 10.7. The second-order valence-corrected chi connectivity index (χ2v) is 10.9. The molecule has 0 aliphatic heterocycles. The summed E-state index contributed by atoms with van der Waals surface area (Å²) in [6.07, 6.45) is 4.35. The molecule has 2 aromatic heterocycles. The predicted octanol–water partition coefficient (Wildman–Crippen LogP) is 6.06. The van der Waals surface area contributed by atoms with Gasteiger partial charge in [-0.1, -0.05) is 35.3 Å². The number of nitrogens with one attached hydrogen (secondary N) is 2. The number of ether oxygens (including phenoxy) is 1. The van der Waals surface area contributed by atoms with E-state index in [1.165, 1.54) is 24.1 Å². The van der Waals surface area contributed by atoms with Crippen molar-refractivity contribution in [2.45, 2.75) is 20.5 Å². The van der Waals surface area contributed by atoms with Crippen LogP contribution in [0.15, 0.2) is 60.8 Å². The summed E-state index contributed by atoms with van der Waals surface area (Å²) in [6, 6.07) is 14.3. The molecule has 45 heavy (non-hydrogen) atoms. The highest BCUT2D eigenvalue weighted by molar-refractivity contribution is 6.38. The summed E-state index contributed by atoms with van der Waals surface area (Å²) in [7, 11) is 5.51. The highest BCUT2D eigenvalue weighted by atomic mass is 35.5. The number of aromatic nitrogens is 2. The number of hydrogen-bond acceptors (Lipinski definition) is 7. The minimum atomic E-state index is -0.467. The number of benzene rings is 2. The molecule has 0 saturated carbocycles. The van der Waals surface area contributed by atoms with Crippen molar-refractivity contribution in [2.75, 3.05) is 42.8 Å². The number of nitrogens with zero attached hydrogens (tertiary/aromatic N) is 4. The Morgan fingerprint density at radius 2 is 1.78 bits per heavy atom. The van der Waals surface area contributed by atoms with Crippen LogP contribution in [0.4, 0.5) is 17.2 Å². The zero-order chi connectivity index (χ0) is 32.0. The van der Waals surface area contributed by atoms with Gasteiger partial charge < -0.3 is 25.2 Å². The highest BCUT2D eigenvalue weighted by Gasteiger charge is 2.20. The van der Waals surface area contributed by atoms with Crippen LogP contribution in [0.1, 0.15) is 23.7 Å². The number of carbonyl (C=O) groups is 3. The summed E-state index contributed by atoms with van der Waals surface area (Å²) in [5.41, 5.74) is 4.16. The summed E-state index contributed by atoms with van der Waals surface area (Å²) in [4.78, 5) is 48.6. The van der Waals surface area contributed by atoms with E-state index in [2.05, 4.69) is 15.6 Å². The van der Waals surface area contributed by atoms with E-state index in [0.29, 0.717) is 33.4 Å². The monoisotopic (exact) mass is 670 g/mol. The van der Waals surface area contributed by atoms with E-state index in [-0.39, 0.29) is 36.5 Å². The smallest absolute Gasteiger partial charge is 0.246 e. The maximum atomic E-state index is 12.9. The van der Waals surface area contributed by atoms with Gasteiger partial charge in [-0.15, -0.1) is 12.4 Å². The van der Waals surface area contributed by atoms with Gasteiger partial charge in [0.2, 0.25) is 17.7 Å². The van der Waals surface area contributed by atoms with Gasteiger partial charge >= 0.3 is 0 Å². The van der Waals surface area contributed by atoms with Gasteiger partial charge in [-0.3, -0.25) is 14.4 Å². The zero-order valence-electron chi connectivity index (χ0n) is 25.4. The van der Waals surface area contributed by atoms with Crippen LogP contribution in [0.5, 0.6) is 5.75 Å². The molecule has 0 unspecified atom stereocenters. The molecule has 0 fully saturated rings. The Labute approximate surface area is 277 Å². The maximum Gasteiger partial charge on any atom is 0.246 e. The van der Waals surface area contributed by atoms with Gasteiger partial charge in [-0.25, -0.2) is 9.97 Å². The lowest BCUT2D eigenvalue weighted by atomic mass is 10.1. The Bertz CT molecular complexity index is 1750. The van der Waals surface area contributed by atoms with Crippen molar-refractivity contribution in [1.29, 1.82) is 0 Å². The molecule has 0 atom stereocenters. The standard InChI is InChI=1S/C32H32Cl2N6O4.ClH/c1-19-15-26(39(3)4)22-7-6-8-27(32(22)37-19)44-18-23-24(33)11-12-25(31(23)34)40(5)30(43)17-36-29(42)14-10-21-9-13-28(35-16-21)38-20(2)41;/h6-16H,17-18H2,1-5H3,(H,36,42)(H,35,38,41);1H/b14-10+;. The summed E-state index contributed by atoms with van der Waals surface area (Å²) in [5.74, 6) is -0.111.